The number of carbonyl (C=O) groups is 3. The van der Waals surface area contributed by atoms with E-state index in [1.54, 1.807) is 0 Å². The minimum atomic E-state index is -0.955. The lowest BCUT2D eigenvalue weighted by molar-refractivity contribution is -0.131. The average Bonchev–Trinajstić information content (AvgIpc) is 2.73. The van der Waals surface area contributed by atoms with Crippen LogP contribution in [0.3, 0.4) is 0 Å². The zero-order chi connectivity index (χ0) is 14.7. The first-order valence-corrected chi connectivity index (χ1v) is 6.51. The Balaban J connectivity index is 2.09. The maximum atomic E-state index is 12.0. The Bertz CT molecular complexity index is 553. The van der Waals surface area contributed by atoms with Crippen molar-refractivity contribution in [1.29, 1.82) is 0 Å². The molecule has 1 aromatic rings. The lowest BCUT2D eigenvalue weighted by atomic mass is 10.0. The molecular weight excluding hydrogens is 258 g/mol. The number of para-hydroxylation sites is 1. The van der Waals surface area contributed by atoms with Gasteiger partial charge in [0.1, 0.15) is 5.92 Å². The molecule has 0 unspecified atom stereocenters. The van der Waals surface area contributed by atoms with Gasteiger partial charge >= 0.3 is 0 Å². The van der Waals surface area contributed by atoms with Gasteiger partial charge in [0.05, 0.1) is 0 Å². The summed E-state index contributed by atoms with van der Waals surface area (Å²) in [6.07, 6.45) is 0.636. The fourth-order valence-corrected chi connectivity index (χ4v) is 2.18. The summed E-state index contributed by atoms with van der Waals surface area (Å²) in [5, 5.41) is 2.80. The van der Waals surface area contributed by atoms with Gasteiger partial charge in [-0.3, -0.25) is 25.2 Å². The second-order valence-electron chi connectivity index (χ2n) is 4.75. The largest absolute Gasteiger partial charge is 0.326 e. The number of hydrogen-bond donors (Lipinski definition) is 3. The molecule has 2 rings (SSSR count). The van der Waals surface area contributed by atoms with Crippen LogP contribution in [0.15, 0.2) is 18.2 Å². The molecule has 1 aliphatic rings. The molecule has 6 heteroatoms. The van der Waals surface area contributed by atoms with Crippen molar-refractivity contribution in [3.63, 3.8) is 0 Å². The molecule has 3 amide bonds. The molecule has 0 radical (unpaired) electrons. The fourth-order valence-electron chi connectivity index (χ4n) is 2.18. The molecule has 0 spiro atoms. The van der Waals surface area contributed by atoms with Crippen LogP contribution in [-0.2, 0) is 20.8 Å². The Morgan fingerprint density at radius 1 is 1.25 bits per heavy atom. The lowest BCUT2D eigenvalue weighted by Crippen LogP contribution is -2.28. The van der Waals surface area contributed by atoms with Crippen LogP contribution in [0, 0.1) is 12.8 Å². The Labute approximate surface area is 116 Å². The number of amides is 3. The summed E-state index contributed by atoms with van der Waals surface area (Å²) < 4.78 is 0. The van der Waals surface area contributed by atoms with E-state index < -0.39 is 17.7 Å². The molecular formula is C14H17N3O3. The molecule has 1 fully saturated rings. The van der Waals surface area contributed by atoms with Gasteiger partial charge in [0, 0.05) is 12.1 Å². The molecule has 6 nitrogen and oxygen atoms in total. The third-order valence-corrected chi connectivity index (χ3v) is 3.34. The molecule has 0 aliphatic carbocycles. The van der Waals surface area contributed by atoms with Gasteiger partial charge in [0.25, 0.3) is 11.8 Å². The Kier molecular flexibility index (Phi) is 4.02. The highest BCUT2D eigenvalue weighted by Gasteiger charge is 2.34. The molecule has 3 N–H and O–H groups in total. The number of nitrogens with one attached hydrogen (secondary N) is 3. The van der Waals surface area contributed by atoms with Crippen LogP contribution >= 0.6 is 0 Å². The van der Waals surface area contributed by atoms with Crippen molar-refractivity contribution in [3.8, 4) is 0 Å². The summed E-state index contributed by atoms with van der Waals surface area (Å²) >= 11 is 0. The van der Waals surface area contributed by atoms with Gasteiger partial charge in [-0.2, -0.15) is 0 Å². The number of benzene rings is 1. The zero-order valence-electron chi connectivity index (χ0n) is 11.4. The molecule has 1 aliphatic heterocycles. The molecule has 0 atom stereocenters. The molecule has 20 heavy (non-hydrogen) atoms. The van der Waals surface area contributed by atoms with Crippen molar-refractivity contribution in [2.45, 2.75) is 26.7 Å². The van der Waals surface area contributed by atoms with Crippen molar-refractivity contribution in [2.75, 3.05) is 5.32 Å². The second-order valence-corrected chi connectivity index (χ2v) is 4.75. The summed E-state index contributed by atoms with van der Waals surface area (Å²) in [5.74, 6) is -2.23. The monoisotopic (exact) mass is 275 g/mol. The normalized spacial score (nSPS) is 14.9. The number of carbonyl (C=O) groups excluding carboxylic acids is 3. The third kappa shape index (κ3) is 2.79. The molecule has 1 heterocycles. The number of hydrogen-bond acceptors (Lipinski definition) is 3. The first-order valence-electron chi connectivity index (χ1n) is 6.51. The van der Waals surface area contributed by atoms with Gasteiger partial charge < -0.3 is 5.32 Å². The van der Waals surface area contributed by atoms with Crippen LogP contribution in [0.4, 0.5) is 5.69 Å². The van der Waals surface area contributed by atoms with Gasteiger partial charge in [0.2, 0.25) is 5.91 Å². The Hall–Kier alpha value is -2.37. The SMILES string of the molecule is CCc1cccc(C)c1NC(=O)CC1C(=O)NNC1=O. The molecule has 1 saturated heterocycles. The van der Waals surface area contributed by atoms with Crippen molar-refractivity contribution in [3.05, 3.63) is 29.3 Å². The highest BCUT2D eigenvalue weighted by atomic mass is 16.2. The first kappa shape index (κ1) is 14.0. The lowest BCUT2D eigenvalue weighted by Gasteiger charge is -2.13. The Morgan fingerprint density at radius 3 is 2.50 bits per heavy atom. The highest BCUT2D eigenvalue weighted by Crippen LogP contribution is 2.22. The minimum absolute atomic E-state index is 0.158. The zero-order valence-corrected chi connectivity index (χ0v) is 11.4. The van der Waals surface area contributed by atoms with Gasteiger partial charge in [-0.05, 0) is 24.5 Å². The van der Waals surface area contributed by atoms with Crippen LogP contribution in [-0.4, -0.2) is 17.7 Å². The van der Waals surface area contributed by atoms with Crippen molar-refractivity contribution in [2.24, 2.45) is 5.92 Å². The molecule has 1 aromatic carbocycles. The van der Waals surface area contributed by atoms with Gasteiger partial charge in [0.15, 0.2) is 0 Å². The maximum Gasteiger partial charge on any atom is 0.251 e. The van der Waals surface area contributed by atoms with Crippen molar-refractivity contribution >= 4 is 23.4 Å². The topological polar surface area (TPSA) is 87.3 Å². The smallest absolute Gasteiger partial charge is 0.251 e. The van der Waals surface area contributed by atoms with Crippen LogP contribution < -0.4 is 16.2 Å². The van der Waals surface area contributed by atoms with E-state index in [9.17, 15) is 14.4 Å². The summed E-state index contributed by atoms with van der Waals surface area (Å²) in [4.78, 5) is 34.8. The van der Waals surface area contributed by atoms with E-state index in [1.807, 2.05) is 32.0 Å². The maximum absolute atomic E-state index is 12.0. The van der Waals surface area contributed by atoms with Crippen LogP contribution in [0.1, 0.15) is 24.5 Å². The predicted molar refractivity (Wildman–Crippen MR) is 73.6 cm³/mol. The third-order valence-electron chi connectivity index (χ3n) is 3.34. The van der Waals surface area contributed by atoms with E-state index in [4.69, 9.17) is 0 Å². The summed E-state index contributed by atoms with van der Waals surface area (Å²) in [7, 11) is 0. The minimum Gasteiger partial charge on any atom is -0.326 e. The number of hydrazine groups is 1. The van der Waals surface area contributed by atoms with E-state index >= 15 is 0 Å². The van der Waals surface area contributed by atoms with E-state index in [1.165, 1.54) is 0 Å². The highest BCUT2D eigenvalue weighted by molar-refractivity contribution is 6.09. The van der Waals surface area contributed by atoms with E-state index in [0.29, 0.717) is 0 Å². The summed E-state index contributed by atoms with van der Waals surface area (Å²) in [6.45, 7) is 3.91. The molecule has 106 valence electrons. The number of rotatable bonds is 4. The van der Waals surface area contributed by atoms with E-state index in [-0.39, 0.29) is 12.3 Å². The van der Waals surface area contributed by atoms with Crippen molar-refractivity contribution in [1.82, 2.24) is 10.9 Å². The number of aryl methyl sites for hydroxylation is 2. The van der Waals surface area contributed by atoms with Crippen LogP contribution in [0.2, 0.25) is 0 Å². The van der Waals surface area contributed by atoms with Gasteiger partial charge in [-0.25, -0.2) is 0 Å². The predicted octanol–water partition coefficient (Wildman–Crippen LogP) is 0.663. The van der Waals surface area contributed by atoms with Crippen LogP contribution in [0.5, 0.6) is 0 Å². The van der Waals surface area contributed by atoms with Crippen LogP contribution in [0.25, 0.3) is 0 Å². The first-order chi connectivity index (χ1) is 9.52. The number of anilines is 1. The van der Waals surface area contributed by atoms with Crippen molar-refractivity contribution < 1.29 is 14.4 Å². The Morgan fingerprint density at radius 2 is 1.90 bits per heavy atom. The molecule has 0 aromatic heterocycles. The molecule has 0 bridgehead atoms. The standard InChI is InChI=1S/C14H17N3O3/c1-3-9-6-4-5-8(2)12(9)15-11(18)7-10-13(19)16-17-14(10)20/h4-6,10H,3,7H2,1-2H3,(H,15,18)(H,16,19)(H,17,20). The quantitative estimate of drug-likeness (QED) is 0.706. The van der Waals surface area contributed by atoms with Gasteiger partial charge in [-0.15, -0.1) is 0 Å². The fraction of sp³-hybridized carbons (Fsp3) is 0.357. The average molecular weight is 275 g/mol. The summed E-state index contributed by atoms with van der Waals surface area (Å²) in [5.41, 5.74) is 7.15. The molecule has 0 saturated carbocycles. The van der Waals surface area contributed by atoms with Gasteiger partial charge in [-0.1, -0.05) is 25.1 Å². The second kappa shape index (κ2) is 5.73. The summed E-state index contributed by atoms with van der Waals surface area (Å²) in [6, 6.07) is 5.78. The van der Waals surface area contributed by atoms with E-state index in [0.717, 1.165) is 23.2 Å². The van der Waals surface area contributed by atoms with E-state index in [2.05, 4.69) is 16.2 Å².